The van der Waals surface area contributed by atoms with Crippen LogP contribution in [0.1, 0.15) is 33.6 Å². The van der Waals surface area contributed by atoms with Gasteiger partial charge in [-0.2, -0.15) is 0 Å². The maximum absolute atomic E-state index is 4.11. The topological polar surface area (TPSA) is 0 Å². The van der Waals surface area contributed by atoms with E-state index < -0.39 is 0 Å². The average molecular weight is 241 g/mol. The summed E-state index contributed by atoms with van der Waals surface area (Å²) in [7, 11) is 0. The minimum atomic E-state index is 0.170. The van der Waals surface area contributed by atoms with E-state index in [2.05, 4.69) is 61.1 Å². The summed E-state index contributed by atoms with van der Waals surface area (Å²) in [6, 6.07) is 0. The fourth-order valence-electron chi connectivity index (χ4n) is 2.68. The van der Waals surface area contributed by atoms with E-state index in [4.69, 9.17) is 0 Å². The van der Waals surface area contributed by atoms with Crippen molar-refractivity contribution in [1.29, 1.82) is 0 Å². The summed E-state index contributed by atoms with van der Waals surface area (Å²) in [5.41, 5.74) is 4.52. The minimum absolute atomic E-state index is 0.170. The Kier molecular flexibility index (Phi) is 2.79. The fraction of sp³-hybridized carbons (Fsp3) is 0.429. The molecule has 1 atom stereocenters. The van der Waals surface area contributed by atoms with Crippen LogP contribution >= 0.6 is 0 Å². The molecule has 2 aliphatic carbocycles. The van der Waals surface area contributed by atoms with Crippen molar-refractivity contribution in [3.63, 3.8) is 0 Å². The molecule has 0 fully saturated rings. The number of allylic oxidation sites excluding steroid dienone is 8. The number of hydrogen-bond donors (Lipinski definition) is 0. The Morgan fingerprint density at radius 3 is 2.53 bits per heavy atom. The van der Waals surface area contributed by atoms with Crippen LogP contribution in [0.2, 0.25) is 0 Å². The zero-order valence-electron chi connectivity index (χ0n) is 9.58. The molecule has 0 nitrogen and oxygen atoms in total. The molecule has 0 aromatic carbocycles. The van der Waals surface area contributed by atoms with Crippen molar-refractivity contribution in [3.05, 3.63) is 45.5 Å². The second-order valence-corrected chi connectivity index (χ2v) is 5.04. The monoisotopic (exact) mass is 241 g/mol. The molecule has 15 heavy (non-hydrogen) atoms. The maximum atomic E-state index is 4.11. The van der Waals surface area contributed by atoms with Crippen LogP contribution < -0.4 is 0 Å². The van der Waals surface area contributed by atoms with Crippen LogP contribution in [0, 0.1) is 5.41 Å². The van der Waals surface area contributed by atoms with Crippen molar-refractivity contribution in [2.45, 2.75) is 33.6 Å². The van der Waals surface area contributed by atoms with Gasteiger partial charge in [0.2, 0.25) is 0 Å². The van der Waals surface area contributed by atoms with Gasteiger partial charge in [0.15, 0.2) is 0 Å². The summed E-state index contributed by atoms with van der Waals surface area (Å²) >= 11 is 4.11. The molecule has 0 amide bonds. The molecule has 0 saturated heterocycles. The molecule has 0 saturated carbocycles. The van der Waals surface area contributed by atoms with Crippen LogP contribution in [0.15, 0.2) is 45.5 Å². The Morgan fingerprint density at radius 1 is 1.40 bits per heavy atom. The zero-order valence-corrected chi connectivity index (χ0v) is 10.7. The Balaban J connectivity index is 2.47. The second-order valence-electron chi connectivity index (χ2n) is 4.37. The van der Waals surface area contributed by atoms with E-state index in [1.165, 1.54) is 21.2 Å². The standard InChI is InChI=1S/C14H17.Fe/c1-4-14(10-6-8-12(14)3)13-9-5-7-11(13)2;/h6,8-10H,4-5H2,1-3H3;. The van der Waals surface area contributed by atoms with Crippen LogP contribution in [-0.2, 0) is 16.0 Å². The van der Waals surface area contributed by atoms with Crippen molar-refractivity contribution in [1.82, 2.24) is 0 Å². The summed E-state index contributed by atoms with van der Waals surface area (Å²) in [6.07, 6.45) is 11.3. The van der Waals surface area contributed by atoms with Crippen LogP contribution in [0.4, 0.5) is 0 Å². The van der Waals surface area contributed by atoms with E-state index in [1.54, 1.807) is 0 Å². The molecule has 81 valence electrons. The molecular formula is C14H17Fe. The summed E-state index contributed by atoms with van der Waals surface area (Å²) in [5, 5.41) is 0. The van der Waals surface area contributed by atoms with E-state index in [0.717, 1.165) is 12.8 Å². The van der Waals surface area contributed by atoms with E-state index in [0.29, 0.717) is 0 Å². The van der Waals surface area contributed by atoms with Gasteiger partial charge in [0.1, 0.15) is 0 Å². The van der Waals surface area contributed by atoms with Gasteiger partial charge in [-0.25, -0.2) is 0 Å². The van der Waals surface area contributed by atoms with E-state index in [1.807, 2.05) is 0 Å². The molecule has 1 heteroatoms. The molecule has 0 aromatic rings. The first-order chi connectivity index (χ1) is 7.12. The van der Waals surface area contributed by atoms with E-state index >= 15 is 0 Å². The summed E-state index contributed by atoms with van der Waals surface area (Å²) < 4.78 is 1.28. The molecule has 0 N–H and O–H groups in total. The van der Waals surface area contributed by atoms with Crippen molar-refractivity contribution in [3.8, 4) is 0 Å². The van der Waals surface area contributed by atoms with Gasteiger partial charge in [-0.15, -0.1) is 0 Å². The van der Waals surface area contributed by atoms with E-state index in [-0.39, 0.29) is 5.41 Å². The van der Waals surface area contributed by atoms with Crippen LogP contribution in [0.3, 0.4) is 0 Å². The third-order valence-corrected chi connectivity index (χ3v) is 4.39. The normalized spacial score (nSPS) is 29.9. The van der Waals surface area contributed by atoms with E-state index in [9.17, 15) is 0 Å². The van der Waals surface area contributed by atoms with Crippen LogP contribution in [0.25, 0.3) is 0 Å². The van der Waals surface area contributed by atoms with Crippen LogP contribution in [0.5, 0.6) is 0 Å². The summed E-state index contributed by atoms with van der Waals surface area (Å²) in [5.74, 6) is 0. The van der Waals surface area contributed by atoms with Gasteiger partial charge in [-0.1, -0.05) is 0 Å². The molecule has 0 aromatic heterocycles. The Bertz CT molecular complexity index is 407. The molecule has 1 unspecified atom stereocenters. The number of hydrogen-bond acceptors (Lipinski definition) is 0. The molecule has 2 rings (SSSR count). The Morgan fingerprint density at radius 2 is 2.13 bits per heavy atom. The third kappa shape index (κ3) is 1.49. The van der Waals surface area contributed by atoms with Gasteiger partial charge in [0, 0.05) is 0 Å². The zero-order chi connectivity index (χ0) is 11.1. The SMILES string of the molecule is CCC1(C2=CC[C]([Fe])=C2C)C=CC=C1C. The van der Waals surface area contributed by atoms with Gasteiger partial charge < -0.3 is 0 Å². The van der Waals surface area contributed by atoms with Crippen molar-refractivity contribution < 1.29 is 16.0 Å². The van der Waals surface area contributed by atoms with Gasteiger partial charge in [0.25, 0.3) is 0 Å². The summed E-state index contributed by atoms with van der Waals surface area (Å²) in [4.78, 5) is 0. The van der Waals surface area contributed by atoms with Gasteiger partial charge >= 0.3 is 101 Å². The quantitative estimate of drug-likeness (QED) is 0.640. The molecule has 0 bridgehead atoms. The summed E-state index contributed by atoms with van der Waals surface area (Å²) in [6.45, 7) is 6.71. The average Bonchev–Trinajstić information content (AvgIpc) is 2.74. The first-order valence-electron chi connectivity index (χ1n) is 5.53. The van der Waals surface area contributed by atoms with Gasteiger partial charge in [0.05, 0.1) is 0 Å². The molecule has 0 radical (unpaired) electrons. The Hall–Kier alpha value is -0.521. The first kappa shape index (κ1) is 11.0. The molecule has 2 aliphatic rings. The molecule has 0 heterocycles. The first-order valence-corrected chi connectivity index (χ1v) is 6.08. The number of rotatable bonds is 2. The molecule has 0 aliphatic heterocycles. The van der Waals surface area contributed by atoms with Crippen molar-refractivity contribution in [2.24, 2.45) is 5.41 Å². The molecule has 0 spiro atoms. The van der Waals surface area contributed by atoms with Crippen LogP contribution in [-0.4, -0.2) is 0 Å². The predicted molar refractivity (Wildman–Crippen MR) is 61.0 cm³/mol. The predicted octanol–water partition coefficient (Wildman–Crippen LogP) is 4.05. The fourth-order valence-corrected chi connectivity index (χ4v) is 2.94. The van der Waals surface area contributed by atoms with Crippen molar-refractivity contribution >= 4 is 0 Å². The van der Waals surface area contributed by atoms with Crippen molar-refractivity contribution in [2.75, 3.05) is 0 Å². The Labute approximate surface area is 101 Å². The van der Waals surface area contributed by atoms with Gasteiger partial charge in [-0.05, 0) is 0 Å². The second kappa shape index (κ2) is 3.81. The van der Waals surface area contributed by atoms with Gasteiger partial charge in [-0.3, -0.25) is 0 Å². The molecular weight excluding hydrogens is 224 g/mol. The third-order valence-electron chi connectivity index (χ3n) is 3.75.